The summed E-state index contributed by atoms with van der Waals surface area (Å²) in [6, 6.07) is 11.0. The van der Waals surface area contributed by atoms with Crippen molar-refractivity contribution >= 4 is 17.7 Å². The zero-order chi connectivity index (χ0) is 20.5. The molecule has 2 aromatic rings. The summed E-state index contributed by atoms with van der Waals surface area (Å²) in [4.78, 5) is 12.4. The molecule has 3 rings (SSSR count). The van der Waals surface area contributed by atoms with E-state index in [1.807, 2.05) is 30.3 Å². The highest BCUT2D eigenvalue weighted by Crippen LogP contribution is 2.39. The highest BCUT2D eigenvalue weighted by molar-refractivity contribution is 7.98. The molecule has 0 saturated heterocycles. The van der Waals surface area contributed by atoms with E-state index in [4.69, 9.17) is 0 Å². The molecule has 0 atom stereocenters. The lowest BCUT2D eigenvalue weighted by Gasteiger charge is -2.31. The molecule has 28 heavy (non-hydrogen) atoms. The smallest absolute Gasteiger partial charge is 0.330 e. The van der Waals surface area contributed by atoms with Crippen LogP contribution < -0.4 is 0 Å². The molecule has 1 aliphatic rings. The summed E-state index contributed by atoms with van der Waals surface area (Å²) in [7, 11) is 0. The Morgan fingerprint density at radius 1 is 1.04 bits per heavy atom. The predicted octanol–water partition coefficient (Wildman–Crippen LogP) is 5.44. The van der Waals surface area contributed by atoms with E-state index in [0.717, 1.165) is 17.7 Å². The molecule has 1 aliphatic heterocycles. The van der Waals surface area contributed by atoms with Gasteiger partial charge in [0.2, 0.25) is 0 Å². The third-order valence-corrected chi connectivity index (χ3v) is 5.54. The van der Waals surface area contributed by atoms with Gasteiger partial charge in [0.15, 0.2) is 0 Å². The van der Waals surface area contributed by atoms with Crippen molar-refractivity contribution in [3.05, 3.63) is 64.7 Å². The Balaban J connectivity index is 1.92. The number of rotatable bonds is 3. The Hall–Kier alpha value is -2.16. The fourth-order valence-corrected chi connectivity index (χ4v) is 4.17. The number of carbonyl (C=O) groups excluding carboxylic acids is 1. The number of nitrogens with zero attached hydrogens (tertiary/aromatic N) is 1. The minimum absolute atomic E-state index is 0.0758. The number of hydrogen-bond acceptors (Lipinski definition) is 2. The molecule has 9 heteroatoms. The van der Waals surface area contributed by atoms with Gasteiger partial charge in [0.05, 0.1) is 5.56 Å². The first-order chi connectivity index (χ1) is 13.1. The number of thioether (sulfide) groups is 1. The number of halogens is 6. The quantitative estimate of drug-likeness (QED) is 0.488. The van der Waals surface area contributed by atoms with Crippen molar-refractivity contribution in [2.24, 2.45) is 0 Å². The Morgan fingerprint density at radius 3 is 2.32 bits per heavy atom. The van der Waals surface area contributed by atoms with Crippen LogP contribution in [0.2, 0.25) is 0 Å². The SMILES string of the molecule is O=C(N1CCc2c(cc(C(F)(F)F)cc2SCc2ccccc2)C1)C(F)(F)F. The van der Waals surface area contributed by atoms with Gasteiger partial charge in [0.25, 0.3) is 0 Å². The van der Waals surface area contributed by atoms with Gasteiger partial charge in [-0.2, -0.15) is 26.3 Å². The highest BCUT2D eigenvalue weighted by Gasteiger charge is 2.43. The van der Waals surface area contributed by atoms with Crippen molar-refractivity contribution in [2.75, 3.05) is 6.54 Å². The van der Waals surface area contributed by atoms with Gasteiger partial charge in [-0.25, -0.2) is 0 Å². The van der Waals surface area contributed by atoms with Crippen LogP contribution in [0.5, 0.6) is 0 Å². The summed E-state index contributed by atoms with van der Waals surface area (Å²) in [5, 5.41) is 0. The van der Waals surface area contributed by atoms with Crippen molar-refractivity contribution in [3.8, 4) is 0 Å². The third-order valence-electron chi connectivity index (χ3n) is 4.39. The van der Waals surface area contributed by atoms with Crippen LogP contribution in [-0.4, -0.2) is 23.5 Å². The zero-order valence-electron chi connectivity index (χ0n) is 14.4. The molecule has 0 spiro atoms. The normalized spacial score (nSPS) is 14.7. The summed E-state index contributed by atoms with van der Waals surface area (Å²) in [5.41, 5.74) is 0.667. The van der Waals surface area contributed by atoms with Crippen molar-refractivity contribution < 1.29 is 31.1 Å². The minimum atomic E-state index is -5.05. The lowest BCUT2D eigenvalue weighted by atomic mass is 9.97. The maximum atomic E-state index is 13.3. The number of amides is 1. The molecule has 2 nitrogen and oxygen atoms in total. The summed E-state index contributed by atoms with van der Waals surface area (Å²) in [6.07, 6.45) is -9.61. The van der Waals surface area contributed by atoms with E-state index in [-0.39, 0.29) is 18.5 Å². The number of alkyl halides is 6. The van der Waals surface area contributed by atoms with Gasteiger partial charge in [-0.3, -0.25) is 4.79 Å². The molecule has 0 saturated carbocycles. The summed E-state index contributed by atoms with van der Waals surface area (Å²) < 4.78 is 77.9. The maximum Gasteiger partial charge on any atom is 0.471 e. The van der Waals surface area contributed by atoms with Gasteiger partial charge < -0.3 is 4.90 Å². The second-order valence-corrected chi connectivity index (χ2v) is 7.38. The van der Waals surface area contributed by atoms with E-state index in [2.05, 4.69) is 0 Å². The lowest BCUT2D eigenvalue weighted by molar-refractivity contribution is -0.186. The molecule has 0 aromatic heterocycles. The maximum absolute atomic E-state index is 13.3. The van der Waals surface area contributed by atoms with Crippen LogP contribution >= 0.6 is 11.8 Å². The molecule has 0 radical (unpaired) electrons. The second kappa shape index (κ2) is 7.69. The fraction of sp³-hybridized carbons (Fsp3) is 0.316. The number of fused-ring (bicyclic) bond motifs is 1. The Kier molecular flexibility index (Phi) is 5.65. The predicted molar refractivity (Wildman–Crippen MR) is 92.6 cm³/mol. The van der Waals surface area contributed by atoms with Crippen LogP contribution in [0.15, 0.2) is 47.4 Å². The Labute approximate surface area is 161 Å². The molecule has 1 heterocycles. The summed E-state index contributed by atoms with van der Waals surface area (Å²) in [5.74, 6) is -1.60. The first-order valence-electron chi connectivity index (χ1n) is 8.31. The molecular formula is C19H15F6NOS. The standard InChI is InChI=1S/C19H15F6NOS/c20-18(21,22)14-8-13-10-26(17(27)19(23,24)25)7-6-15(13)16(9-14)28-11-12-4-2-1-3-5-12/h1-5,8-9H,6-7,10-11H2. The topological polar surface area (TPSA) is 20.3 Å². The minimum Gasteiger partial charge on any atom is -0.330 e. The third kappa shape index (κ3) is 4.63. The fourth-order valence-electron chi connectivity index (χ4n) is 3.04. The number of benzene rings is 2. The first kappa shape index (κ1) is 20.6. The molecule has 0 fully saturated rings. The molecule has 150 valence electrons. The molecule has 0 unspecified atom stereocenters. The van der Waals surface area contributed by atoms with E-state index in [9.17, 15) is 31.1 Å². The molecule has 0 bridgehead atoms. The van der Waals surface area contributed by atoms with Gasteiger partial charge in [0.1, 0.15) is 0 Å². The Bertz CT molecular complexity index is 863. The van der Waals surface area contributed by atoms with Crippen LogP contribution in [0.25, 0.3) is 0 Å². The van der Waals surface area contributed by atoms with Crippen LogP contribution in [0, 0.1) is 0 Å². The molecule has 1 amide bonds. The van der Waals surface area contributed by atoms with Crippen molar-refractivity contribution in [2.45, 2.75) is 36.0 Å². The lowest BCUT2D eigenvalue weighted by Crippen LogP contribution is -2.43. The van der Waals surface area contributed by atoms with E-state index in [0.29, 0.717) is 21.1 Å². The van der Waals surface area contributed by atoms with Crippen molar-refractivity contribution in [3.63, 3.8) is 0 Å². The van der Waals surface area contributed by atoms with Gasteiger partial charge in [-0.1, -0.05) is 30.3 Å². The Morgan fingerprint density at radius 2 is 1.71 bits per heavy atom. The highest BCUT2D eigenvalue weighted by atomic mass is 32.2. The van der Waals surface area contributed by atoms with Crippen LogP contribution in [-0.2, 0) is 29.7 Å². The second-order valence-electron chi connectivity index (χ2n) is 6.36. The van der Waals surface area contributed by atoms with Crippen molar-refractivity contribution in [1.82, 2.24) is 4.90 Å². The largest absolute Gasteiger partial charge is 0.471 e. The molecule has 0 aliphatic carbocycles. The summed E-state index contributed by atoms with van der Waals surface area (Å²) in [6.45, 7) is -0.675. The average Bonchev–Trinajstić information content (AvgIpc) is 2.64. The van der Waals surface area contributed by atoms with E-state index in [1.165, 1.54) is 11.8 Å². The monoisotopic (exact) mass is 419 g/mol. The van der Waals surface area contributed by atoms with E-state index >= 15 is 0 Å². The molecule has 0 N–H and O–H groups in total. The first-order valence-corrected chi connectivity index (χ1v) is 9.30. The van der Waals surface area contributed by atoms with Crippen LogP contribution in [0.3, 0.4) is 0 Å². The van der Waals surface area contributed by atoms with Gasteiger partial charge >= 0.3 is 18.3 Å². The van der Waals surface area contributed by atoms with E-state index in [1.54, 1.807) is 0 Å². The summed E-state index contributed by atoms with van der Waals surface area (Å²) >= 11 is 1.21. The number of hydrogen-bond donors (Lipinski definition) is 0. The van der Waals surface area contributed by atoms with E-state index < -0.39 is 30.4 Å². The van der Waals surface area contributed by atoms with Crippen LogP contribution in [0.1, 0.15) is 22.3 Å². The molecule has 2 aromatic carbocycles. The van der Waals surface area contributed by atoms with Gasteiger partial charge in [-0.05, 0) is 35.2 Å². The average molecular weight is 419 g/mol. The van der Waals surface area contributed by atoms with Crippen LogP contribution in [0.4, 0.5) is 26.3 Å². The van der Waals surface area contributed by atoms with Gasteiger partial charge in [-0.15, -0.1) is 11.8 Å². The molecular weight excluding hydrogens is 404 g/mol. The van der Waals surface area contributed by atoms with Crippen molar-refractivity contribution in [1.29, 1.82) is 0 Å². The van der Waals surface area contributed by atoms with Gasteiger partial charge in [0, 0.05) is 23.7 Å². The zero-order valence-corrected chi connectivity index (χ0v) is 15.2. The number of carbonyl (C=O) groups is 1.